The molecule has 0 spiro atoms. The summed E-state index contributed by atoms with van der Waals surface area (Å²) in [5.74, 6) is 0.145. The summed E-state index contributed by atoms with van der Waals surface area (Å²) in [6.45, 7) is 2.78. The topological polar surface area (TPSA) is 80.9 Å². The Bertz CT molecular complexity index is 396. The second-order valence-corrected chi connectivity index (χ2v) is 4.99. The highest BCUT2D eigenvalue weighted by Crippen LogP contribution is 2.39. The Kier molecular flexibility index (Phi) is 3.40. The molecule has 0 bridgehead atoms. The van der Waals surface area contributed by atoms with Gasteiger partial charge in [0.05, 0.1) is 0 Å². The number of carboxylic acid groups (broad SMARTS) is 1. The molecule has 1 aliphatic carbocycles. The van der Waals surface area contributed by atoms with Crippen LogP contribution >= 0.6 is 0 Å². The van der Waals surface area contributed by atoms with Crippen LogP contribution in [0.3, 0.4) is 0 Å². The minimum Gasteiger partial charge on any atom is -0.481 e. The van der Waals surface area contributed by atoms with E-state index in [0.717, 1.165) is 18.7 Å². The Morgan fingerprint density at radius 1 is 1.47 bits per heavy atom. The van der Waals surface area contributed by atoms with Crippen LogP contribution in [0.2, 0.25) is 0 Å². The van der Waals surface area contributed by atoms with E-state index in [-0.39, 0.29) is 11.8 Å². The van der Waals surface area contributed by atoms with Crippen molar-refractivity contribution < 1.29 is 9.90 Å². The lowest BCUT2D eigenvalue weighted by atomic mass is 9.88. The number of carboxylic acids is 1. The highest BCUT2D eigenvalue weighted by Gasteiger charge is 2.35. The average Bonchev–Trinajstić information content (AvgIpc) is 2.87. The zero-order valence-electron chi connectivity index (χ0n) is 10.1. The molecule has 1 aliphatic rings. The molecule has 6 nitrogen and oxygen atoms in total. The SMILES string of the molecule is CC1(c2nnnn2CCCC(=O)O)CCCC1. The molecule has 0 aromatic carbocycles. The monoisotopic (exact) mass is 238 g/mol. The average molecular weight is 238 g/mol. The van der Waals surface area contributed by atoms with Crippen LogP contribution in [0.15, 0.2) is 0 Å². The van der Waals surface area contributed by atoms with Gasteiger partial charge >= 0.3 is 5.97 Å². The number of aliphatic carboxylic acids is 1. The van der Waals surface area contributed by atoms with Crippen molar-refractivity contribution in [1.29, 1.82) is 0 Å². The lowest BCUT2D eigenvalue weighted by Crippen LogP contribution is -2.24. The number of aryl methyl sites for hydroxylation is 1. The molecule has 1 aromatic rings. The quantitative estimate of drug-likeness (QED) is 0.837. The van der Waals surface area contributed by atoms with Gasteiger partial charge in [0.2, 0.25) is 0 Å². The van der Waals surface area contributed by atoms with Crippen molar-refractivity contribution >= 4 is 5.97 Å². The molecule has 1 saturated carbocycles. The molecule has 6 heteroatoms. The molecular weight excluding hydrogens is 220 g/mol. The molecule has 0 atom stereocenters. The lowest BCUT2D eigenvalue weighted by Gasteiger charge is -2.21. The molecule has 0 unspecified atom stereocenters. The minimum atomic E-state index is -0.772. The van der Waals surface area contributed by atoms with Gasteiger partial charge in [-0.1, -0.05) is 19.8 Å². The van der Waals surface area contributed by atoms with Crippen molar-refractivity contribution in [2.75, 3.05) is 0 Å². The maximum Gasteiger partial charge on any atom is 0.303 e. The third-order valence-electron chi connectivity index (χ3n) is 3.54. The Hall–Kier alpha value is -1.46. The van der Waals surface area contributed by atoms with Crippen LogP contribution in [0, 0.1) is 0 Å². The van der Waals surface area contributed by atoms with E-state index in [4.69, 9.17) is 5.11 Å². The number of hydrogen-bond donors (Lipinski definition) is 1. The van der Waals surface area contributed by atoms with Gasteiger partial charge in [0.1, 0.15) is 0 Å². The molecule has 0 radical (unpaired) electrons. The predicted octanol–water partition coefficient (Wildman–Crippen LogP) is 1.37. The van der Waals surface area contributed by atoms with E-state index in [0.29, 0.717) is 13.0 Å². The van der Waals surface area contributed by atoms with Crippen LogP contribution in [0.4, 0.5) is 0 Å². The third kappa shape index (κ3) is 2.62. The van der Waals surface area contributed by atoms with Crippen molar-refractivity contribution in [3.8, 4) is 0 Å². The van der Waals surface area contributed by atoms with E-state index in [1.165, 1.54) is 12.8 Å². The van der Waals surface area contributed by atoms with Crippen LogP contribution in [0.1, 0.15) is 51.3 Å². The van der Waals surface area contributed by atoms with Gasteiger partial charge < -0.3 is 5.11 Å². The maximum absolute atomic E-state index is 10.5. The fourth-order valence-electron chi connectivity index (χ4n) is 2.55. The molecule has 1 aromatic heterocycles. The summed E-state index contributed by atoms with van der Waals surface area (Å²) in [5, 5.41) is 20.4. The van der Waals surface area contributed by atoms with Gasteiger partial charge in [0.15, 0.2) is 5.82 Å². The molecular formula is C11H18N4O2. The van der Waals surface area contributed by atoms with Gasteiger partial charge in [-0.2, -0.15) is 0 Å². The van der Waals surface area contributed by atoms with Gasteiger partial charge in [-0.3, -0.25) is 4.79 Å². The van der Waals surface area contributed by atoms with Crippen LogP contribution in [-0.2, 0) is 16.8 Å². The molecule has 1 N–H and O–H groups in total. The van der Waals surface area contributed by atoms with Gasteiger partial charge in [0.25, 0.3) is 0 Å². The van der Waals surface area contributed by atoms with E-state index in [1.807, 2.05) is 0 Å². The first-order chi connectivity index (χ1) is 8.12. The van der Waals surface area contributed by atoms with E-state index in [2.05, 4.69) is 22.4 Å². The first-order valence-corrected chi connectivity index (χ1v) is 6.10. The van der Waals surface area contributed by atoms with Crippen molar-refractivity contribution in [1.82, 2.24) is 20.2 Å². The molecule has 0 aliphatic heterocycles. The second kappa shape index (κ2) is 4.81. The fourth-order valence-corrected chi connectivity index (χ4v) is 2.55. The van der Waals surface area contributed by atoms with Crippen LogP contribution in [-0.4, -0.2) is 31.3 Å². The smallest absolute Gasteiger partial charge is 0.303 e. The van der Waals surface area contributed by atoms with E-state index >= 15 is 0 Å². The molecule has 1 heterocycles. The molecule has 1 fully saturated rings. The Balaban J connectivity index is 2.03. The standard InChI is InChI=1S/C11H18N4O2/c1-11(6-2-3-7-11)10-12-13-14-15(10)8-4-5-9(16)17/h2-8H2,1H3,(H,16,17). The Morgan fingerprint density at radius 2 is 2.18 bits per heavy atom. The Morgan fingerprint density at radius 3 is 2.82 bits per heavy atom. The van der Waals surface area contributed by atoms with Crippen LogP contribution < -0.4 is 0 Å². The summed E-state index contributed by atoms with van der Waals surface area (Å²) >= 11 is 0. The highest BCUT2D eigenvalue weighted by molar-refractivity contribution is 5.66. The van der Waals surface area contributed by atoms with Crippen molar-refractivity contribution in [2.45, 2.75) is 57.4 Å². The summed E-state index contributed by atoms with van der Waals surface area (Å²) in [6, 6.07) is 0. The highest BCUT2D eigenvalue weighted by atomic mass is 16.4. The van der Waals surface area contributed by atoms with Crippen LogP contribution in [0.5, 0.6) is 0 Å². The first-order valence-electron chi connectivity index (χ1n) is 6.10. The number of nitrogens with zero attached hydrogens (tertiary/aromatic N) is 4. The molecule has 2 rings (SSSR count). The number of rotatable bonds is 5. The Labute approximate surface area is 100 Å². The van der Waals surface area contributed by atoms with E-state index in [9.17, 15) is 4.79 Å². The third-order valence-corrected chi connectivity index (χ3v) is 3.54. The normalized spacial score (nSPS) is 18.4. The van der Waals surface area contributed by atoms with Gasteiger partial charge in [-0.05, 0) is 29.7 Å². The minimum absolute atomic E-state index is 0.0761. The number of carbonyl (C=O) groups is 1. The molecule has 0 saturated heterocycles. The van der Waals surface area contributed by atoms with Crippen molar-refractivity contribution in [3.05, 3.63) is 5.82 Å². The second-order valence-electron chi connectivity index (χ2n) is 4.99. The van der Waals surface area contributed by atoms with Gasteiger partial charge in [0, 0.05) is 18.4 Å². The lowest BCUT2D eigenvalue weighted by molar-refractivity contribution is -0.137. The molecule has 94 valence electrons. The molecule has 0 amide bonds. The van der Waals surface area contributed by atoms with Gasteiger partial charge in [-0.15, -0.1) is 5.10 Å². The summed E-state index contributed by atoms with van der Waals surface area (Å²) < 4.78 is 1.77. The zero-order chi connectivity index (χ0) is 12.3. The summed E-state index contributed by atoms with van der Waals surface area (Å²) in [4.78, 5) is 10.5. The first kappa shape index (κ1) is 12.0. The molecule has 17 heavy (non-hydrogen) atoms. The summed E-state index contributed by atoms with van der Waals surface area (Å²) in [5.41, 5.74) is 0.0761. The van der Waals surface area contributed by atoms with Crippen LogP contribution in [0.25, 0.3) is 0 Å². The zero-order valence-corrected chi connectivity index (χ0v) is 10.1. The summed E-state index contributed by atoms with van der Waals surface area (Å²) in [7, 11) is 0. The fraction of sp³-hybridized carbons (Fsp3) is 0.818. The van der Waals surface area contributed by atoms with E-state index < -0.39 is 5.97 Å². The largest absolute Gasteiger partial charge is 0.481 e. The number of aromatic nitrogens is 4. The van der Waals surface area contributed by atoms with Gasteiger partial charge in [-0.25, -0.2) is 4.68 Å². The van der Waals surface area contributed by atoms with Crippen molar-refractivity contribution in [2.24, 2.45) is 0 Å². The van der Waals surface area contributed by atoms with Crippen molar-refractivity contribution in [3.63, 3.8) is 0 Å². The maximum atomic E-state index is 10.5. The van der Waals surface area contributed by atoms with E-state index in [1.54, 1.807) is 4.68 Å². The number of hydrogen-bond acceptors (Lipinski definition) is 4. The predicted molar refractivity (Wildman–Crippen MR) is 60.5 cm³/mol. The number of tetrazole rings is 1. The summed E-state index contributed by atoms with van der Waals surface area (Å²) in [6.07, 6.45) is 5.41.